The third kappa shape index (κ3) is 3.03. The molecule has 0 aliphatic carbocycles. The van der Waals surface area contributed by atoms with Crippen LogP contribution in [-0.4, -0.2) is 45.9 Å². The van der Waals surface area contributed by atoms with Crippen molar-refractivity contribution >= 4 is 11.9 Å². The zero-order valence-electron chi connectivity index (χ0n) is 13.5. The van der Waals surface area contributed by atoms with Gasteiger partial charge in [-0.15, -0.1) is 0 Å². The highest BCUT2D eigenvalue weighted by Gasteiger charge is 2.46. The predicted octanol–water partition coefficient (Wildman–Crippen LogP) is 2.12. The molecule has 5 nitrogen and oxygen atoms in total. The maximum atomic E-state index is 12.2. The van der Waals surface area contributed by atoms with Crippen LogP contribution in [0.5, 0.6) is 0 Å². The Morgan fingerprint density at radius 2 is 1.60 bits per heavy atom. The average Bonchev–Trinajstić information content (AvgIpc) is 2.24. The first-order chi connectivity index (χ1) is 8.90. The van der Waals surface area contributed by atoms with Gasteiger partial charge in [0.1, 0.15) is 0 Å². The smallest absolute Gasteiger partial charge is 0.322 e. The van der Waals surface area contributed by atoms with Crippen LogP contribution in [0.2, 0.25) is 0 Å². The molecule has 0 unspecified atom stereocenters. The van der Waals surface area contributed by atoms with Crippen molar-refractivity contribution < 1.29 is 9.59 Å². The summed E-state index contributed by atoms with van der Waals surface area (Å²) in [7, 11) is 2.07. The molecule has 0 aromatic rings. The summed E-state index contributed by atoms with van der Waals surface area (Å²) in [6.45, 7) is 13.7. The molecule has 2 N–H and O–H groups in total. The fraction of sp³-hybridized carbons (Fsp3) is 0.733. The fourth-order valence-corrected chi connectivity index (χ4v) is 3.15. The average molecular weight is 281 g/mol. The SMILES string of the molecule is C=C(C)C(=O)N(C(N)=O)C1CC(C)(C)N(C)C(C)(C)C1. The number of urea groups is 1. The van der Waals surface area contributed by atoms with Crippen molar-refractivity contribution in [3.05, 3.63) is 12.2 Å². The number of piperidine rings is 1. The standard InChI is InChI=1S/C15H27N3O2/c1-10(2)12(19)18(13(16)20)11-8-14(3,4)17(7)15(5,6)9-11/h11H,1,8-9H2,2-7H3,(H2,16,20). The second kappa shape index (κ2) is 5.20. The van der Waals surface area contributed by atoms with Crippen LogP contribution in [0.4, 0.5) is 4.79 Å². The van der Waals surface area contributed by atoms with Crippen LogP contribution >= 0.6 is 0 Å². The first-order valence-corrected chi connectivity index (χ1v) is 6.92. The highest BCUT2D eigenvalue weighted by atomic mass is 16.2. The topological polar surface area (TPSA) is 66.6 Å². The van der Waals surface area contributed by atoms with Crippen LogP contribution in [0.25, 0.3) is 0 Å². The van der Waals surface area contributed by atoms with Gasteiger partial charge in [-0.3, -0.25) is 14.6 Å². The number of likely N-dealkylation sites (tertiary alicyclic amines) is 1. The molecule has 5 heteroatoms. The number of rotatable bonds is 2. The molecular formula is C15H27N3O2. The summed E-state index contributed by atoms with van der Waals surface area (Å²) in [5, 5.41) is 0. The minimum Gasteiger partial charge on any atom is -0.351 e. The number of carbonyl (C=O) groups excluding carboxylic acids is 2. The summed E-state index contributed by atoms with van der Waals surface area (Å²) in [4.78, 5) is 27.4. The molecule has 114 valence electrons. The van der Waals surface area contributed by atoms with Gasteiger partial charge in [-0.25, -0.2) is 4.79 Å². The van der Waals surface area contributed by atoms with E-state index in [0.29, 0.717) is 18.4 Å². The van der Waals surface area contributed by atoms with Crippen LogP contribution in [0, 0.1) is 0 Å². The molecule has 0 saturated carbocycles. The van der Waals surface area contributed by atoms with Gasteiger partial charge in [-0.05, 0) is 54.5 Å². The maximum Gasteiger partial charge on any atom is 0.322 e. The Morgan fingerprint density at radius 1 is 1.20 bits per heavy atom. The molecule has 1 heterocycles. The first-order valence-electron chi connectivity index (χ1n) is 6.92. The monoisotopic (exact) mass is 281 g/mol. The molecule has 1 aliphatic heterocycles. The van der Waals surface area contributed by atoms with E-state index in [4.69, 9.17) is 5.73 Å². The van der Waals surface area contributed by atoms with Gasteiger partial charge in [0, 0.05) is 22.7 Å². The van der Waals surface area contributed by atoms with Crippen LogP contribution in [-0.2, 0) is 4.79 Å². The minimum atomic E-state index is -0.695. The van der Waals surface area contributed by atoms with E-state index in [1.54, 1.807) is 6.92 Å². The van der Waals surface area contributed by atoms with Crippen molar-refractivity contribution in [2.24, 2.45) is 5.73 Å². The number of imide groups is 1. The normalized spacial score (nSPS) is 22.3. The first kappa shape index (κ1) is 16.7. The number of hydrogen-bond acceptors (Lipinski definition) is 3. The number of nitrogens with zero attached hydrogens (tertiary/aromatic N) is 2. The fourth-order valence-electron chi connectivity index (χ4n) is 3.15. The van der Waals surface area contributed by atoms with E-state index in [9.17, 15) is 9.59 Å². The number of primary amides is 1. The van der Waals surface area contributed by atoms with E-state index >= 15 is 0 Å². The summed E-state index contributed by atoms with van der Waals surface area (Å²) in [5.74, 6) is -0.376. The van der Waals surface area contributed by atoms with Gasteiger partial charge in [0.2, 0.25) is 0 Å². The molecule has 0 radical (unpaired) electrons. The lowest BCUT2D eigenvalue weighted by Gasteiger charge is -2.55. The molecule has 0 aromatic carbocycles. The molecule has 1 rings (SSSR count). The molecule has 20 heavy (non-hydrogen) atoms. The van der Waals surface area contributed by atoms with Gasteiger partial charge >= 0.3 is 6.03 Å². The Kier molecular flexibility index (Phi) is 4.34. The lowest BCUT2D eigenvalue weighted by Crippen LogP contribution is -2.64. The maximum absolute atomic E-state index is 12.2. The number of amides is 3. The van der Waals surface area contributed by atoms with Gasteiger partial charge in [-0.2, -0.15) is 0 Å². The second-order valence-electron chi connectivity index (χ2n) is 7.04. The summed E-state index contributed by atoms with van der Waals surface area (Å²) in [6.07, 6.45) is 1.41. The second-order valence-corrected chi connectivity index (χ2v) is 7.04. The van der Waals surface area contributed by atoms with E-state index < -0.39 is 6.03 Å². The number of hydrogen-bond donors (Lipinski definition) is 1. The summed E-state index contributed by atoms with van der Waals surface area (Å²) in [5.41, 5.74) is 5.53. The van der Waals surface area contributed by atoms with Gasteiger partial charge in [0.15, 0.2) is 0 Å². The molecule has 1 fully saturated rings. The van der Waals surface area contributed by atoms with Crippen LogP contribution in [0.15, 0.2) is 12.2 Å². The van der Waals surface area contributed by atoms with E-state index in [0.717, 1.165) is 0 Å². The highest BCUT2D eigenvalue weighted by Crippen LogP contribution is 2.39. The minimum absolute atomic E-state index is 0.116. The largest absolute Gasteiger partial charge is 0.351 e. The Labute approximate surface area is 121 Å². The molecule has 1 saturated heterocycles. The van der Waals surface area contributed by atoms with Crippen LogP contribution in [0.3, 0.4) is 0 Å². The Morgan fingerprint density at radius 3 is 1.90 bits per heavy atom. The highest BCUT2D eigenvalue weighted by molar-refractivity contribution is 6.03. The molecule has 0 bridgehead atoms. The van der Waals surface area contributed by atoms with E-state index in [1.807, 2.05) is 0 Å². The molecule has 1 aliphatic rings. The number of carbonyl (C=O) groups is 2. The van der Waals surface area contributed by atoms with Crippen molar-refractivity contribution in [2.75, 3.05) is 7.05 Å². The lowest BCUT2D eigenvalue weighted by molar-refractivity contribution is -0.129. The third-order valence-electron chi connectivity index (χ3n) is 4.47. The van der Waals surface area contributed by atoms with E-state index in [2.05, 4.69) is 46.2 Å². The molecule has 3 amide bonds. The van der Waals surface area contributed by atoms with Gasteiger partial charge < -0.3 is 5.73 Å². The molecule has 0 aromatic heterocycles. The molecular weight excluding hydrogens is 254 g/mol. The quantitative estimate of drug-likeness (QED) is 0.788. The third-order valence-corrected chi connectivity index (χ3v) is 4.47. The molecule has 0 atom stereocenters. The van der Waals surface area contributed by atoms with E-state index in [1.165, 1.54) is 4.90 Å². The van der Waals surface area contributed by atoms with Crippen LogP contribution in [0.1, 0.15) is 47.5 Å². The predicted molar refractivity (Wildman–Crippen MR) is 80.2 cm³/mol. The zero-order chi connectivity index (χ0) is 15.9. The van der Waals surface area contributed by atoms with E-state index in [-0.39, 0.29) is 23.0 Å². The molecule has 0 spiro atoms. The lowest BCUT2D eigenvalue weighted by atomic mass is 9.77. The van der Waals surface area contributed by atoms with Crippen molar-refractivity contribution in [1.82, 2.24) is 9.80 Å². The Hall–Kier alpha value is -1.36. The summed E-state index contributed by atoms with van der Waals surface area (Å²) < 4.78 is 0. The summed E-state index contributed by atoms with van der Waals surface area (Å²) in [6, 6.07) is -0.892. The van der Waals surface area contributed by atoms with Crippen LogP contribution < -0.4 is 5.73 Å². The van der Waals surface area contributed by atoms with Crippen molar-refractivity contribution in [3.63, 3.8) is 0 Å². The Bertz CT molecular complexity index is 422. The van der Waals surface area contributed by atoms with Gasteiger partial charge in [0.05, 0.1) is 0 Å². The Balaban J connectivity index is 3.14. The van der Waals surface area contributed by atoms with Gasteiger partial charge in [0.25, 0.3) is 5.91 Å². The zero-order valence-corrected chi connectivity index (χ0v) is 13.5. The number of nitrogens with two attached hydrogens (primary N) is 1. The van der Waals surface area contributed by atoms with Gasteiger partial charge in [-0.1, -0.05) is 6.58 Å². The van der Waals surface area contributed by atoms with Crippen molar-refractivity contribution in [3.8, 4) is 0 Å². The summed E-state index contributed by atoms with van der Waals surface area (Å²) >= 11 is 0. The van der Waals surface area contributed by atoms with Crippen molar-refractivity contribution in [1.29, 1.82) is 0 Å². The van der Waals surface area contributed by atoms with Crippen molar-refractivity contribution in [2.45, 2.75) is 64.6 Å².